The molecule has 0 saturated carbocycles. The number of hydrogen-bond acceptors (Lipinski definition) is 1. The van der Waals surface area contributed by atoms with Gasteiger partial charge in [-0.25, -0.2) is 13.6 Å². The van der Waals surface area contributed by atoms with Crippen molar-refractivity contribution >= 4 is 5.97 Å². The van der Waals surface area contributed by atoms with Crippen LogP contribution in [0.25, 0.3) is 0 Å². The van der Waals surface area contributed by atoms with E-state index in [1.807, 2.05) is 0 Å². The van der Waals surface area contributed by atoms with E-state index in [4.69, 9.17) is 5.11 Å². The summed E-state index contributed by atoms with van der Waals surface area (Å²) in [5.41, 5.74) is 1.14. The van der Waals surface area contributed by atoms with E-state index in [1.165, 1.54) is 10.6 Å². The van der Waals surface area contributed by atoms with Gasteiger partial charge in [-0.15, -0.1) is 0 Å². The normalized spacial score (nSPS) is 10.7. The third-order valence-corrected chi connectivity index (χ3v) is 3.08. The minimum absolute atomic E-state index is 0.0557. The minimum Gasteiger partial charge on any atom is -0.477 e. The SMILES string of the molecule is Cc1cc(C)n(Cc2c(F)cccc2F)c1C(=O)O. The van der Waals surface area contributed by atoms with Gasteiger partial charge in [0.2, 0.25) is 0 Å². The molecule has 1 aromatic carbocycles. The van der Waals surface area contributed by atoms with Crippen molar-refractivity contribution in [2.45, 2.75) is 20.4 Å². The molecule has 0 bridgehead atoms. The van der Waals surface area contributed by atoms with Gasteiger partial charge in [-0.1, -0.05) is 6.07 Å². The van der Waals surface area contributed by atoms with Gasteiger partial charge >= 0.3 is 5.97 Å². The predicted octanol–water partition coefficient (Wildman–Crippen LogP) is 3.13. The molecular weight excluding hydrogens is 252 g/mol. The largest absolute Gasteiger partial charge is 0.477 e. The van der Waals surface area contributed by atoms with Crippen molar-refractivity contribution in [3.05, 3.63) is 58.4 Å². The summed E-state index contributed by atoms with van der Waals surface area (Å²) in [6, 6.07) is 5.28. The average molecular weight is 265 g/mol. The number of aromatic nitrogens is 1. The maximum atomic E-state index is 13.6. The van der Waals surface area contributed by atoms with E-state index in [-0.39, 0.29) is 17.8 Å². The standard InChI is InChI=1S/C14H13F2NO2/c1-8-6-9(2)17(13(8)14(18)19)7-10-11(15)4-3-5-12(10)16/h3-6H,7H2,1-2H3,(H,18,19). The number of benzene rings is 1. The van der Waals surface area contributed by atoms with Gasteiger partial charge in [0.1, 0.15) is 17.3 Å². The lowest BCUT2D eigenvalue weighted by Gasteiger charge is -2.11. The van der Waals surface area contributed by atoms with Crippen molar-refractivity contribution in [2.24, 2.45) is 0 Å². The second kappa shape index (κ2) is 4.84. The summed E-state index contributed by atoms with van der Waals surface area (Å²) in [5, 5.41) is 9.17. The Morgan fingerprint density at radius 2 is 1.84 bits per heavy atom. The molecule has 0 radical (unpaired) electrons. The first-order chi connectivity index (χ1) is 8.91. The summed E-state index contributed by atoms with van der Waals surface area (Å²) in [5.74, 6) is -2.47. The van der Waals surface area contributed by atoms with E-state index < -0.39 is 17.6 Å². The molecule has 0 aliphatic carbocycles. The molecular formula is C14H13F2NO2. The molecule has 2 aromatic rings. The van der Waals surface area contributed by atoms with E-state index in [0.717, 1.165) is 12.1 Å². The summed E-state index contributed by atoms with van der Waals surface area (Å²) >= 11 is 0. The molecule has 0 atom stereocenters. The molecule has 0 aliphatic heterocycles. The summed E-state index contributed by atoms with van der Waals surface area (Å²) in [7, 11) is 0. The highest BCUT2D eigenvalue weighted by atomic mass is 19.1. The van der Waals surface area contributed by atoms with Crippen molar-refractivity contribution in [3.8, 4) is 0 Å². The molecule has 5 heteroatoms. The molecule has 0 aliphatic rings. The Morgan fingerprint density at radius 1 is 1.26 bits per heavy atom. The number of aryl methyl sites for hydroxylation is 2. The number of aromatic carboxylic acids is 1. The van der Waals surface area contributed by atoms with Crippen LogP contribution in [0.4, 0.5) is 8.78 Å². The van der Waals surface area contributed by atoms with Crippen LogP contribution in [0, 0.1) is 25.5 Å². The Bertz CT molecular complexity index is 627. The van der Waals surface area contributed by atoms with Crippen molar-refractivity contribution < 1.29 is 18.7 Å². The number of hydrogen-bond donors (Lipinski definition) is 1. The quantitative estimate of drug-likeness (QED) is 0.926. The van der Waals surface area contributed by atoms with Crippen LogP contribution in [0.15, 0.2) is 24.3 Å². The zero-order valence-corrected chi connectivity index (χ0v) is 10.6. The van der Waals surface area contributed by atoms with Gasteiger partial charge in [0.25, 0.3) is 0 Å². The molecule has 100 valence electrons. The number of nitrogens with zero attached hydrogens (tertiary/aromatic N) is 1. The van der Waals surface area contributed by atoms with E-state index in [9.17, 15) is 13.6 Å². The van der Waals surface area contributed by atoms with E-state index >= 15 is 0 Å². The van der Waals surface area contributed by atoms with Crippen LogP contribution in [0.5, 0.6) is 0 Å². The average Bonchev–Trinajstić information content (AvgIpc) is 2.58. The summed E-state index contributed by atoms with van der Waals surface area (Å²) in [4.78, 5) is 11.2. The van der Waals surface area contributed by atoms with Gasteiger partial charge in [0.15, 0.2) is 0 Å². The Hall–Kier alpha value is -2.17. The predicted molar refractivity (Wildman–Crippen MR) is 66.3 cm³/mol. The van der Waals surface area contributed by atoms with Crippen LogP contribution < -0.4 is 0 Å². The number of carboxylic acids is 1. The summed E-state index contributed by atoms with van der Waals surface area (Å²) < 4.78 is 28.6. The number of halogens is 2. The van der Waals surface area contributed by atoms with E-state index in [1.54, 1.807) is 19.9 Å². The van der Waals surface area contributed by atoms with Crippen LogP contribution >= 0.6 is 0 Å². The topological polar surface area (TPSA) is 42.2 Å². The lowest BCUT2D eigenvalue weighted by molar-refractivity contribution is 0.0684. The first-order valence-electron chi connectivity index (χ1n) is 5.74. The maximum Gasteiger partial charge on any atom is 0.352 e. The van der Waals surface area contributed by atoms with Gasteiger partial charge in [-0.05, 0) is 37.6 Å². The Morgan fingerprint density at radius 3 is 2.37 bits per heavy atom. The van der Waals surface area contributed by atoms with E-state index in [0.29, 0.717) is 11.3 Å². The van der Waals surface area contributed by atoms with Gasteiger partial charge in [0.05, 0.1) is 6.54 Å². The molecule has 3 nitrogen and oxygen atoms in total. The zero-order chi connectivity index (χ0) is 14.2. The number of carboxylic acid groups (broad SMARTS) is 1. The molecule has 1 aromatic heterocycles. The van der Waals surface area contributed by atoms with Gasteiger partial charge in [0, 0.05) is 11.3 Å². The molecule has 0 fully saturated rings. The fraction of sp³-hybridized carbons (Fsp3) is 0.214. The van der Waals surface area contributed by atoms with Crippen molar-refractivity contribution in [3.63, 3.8) is 0 Å². The number of rotatable bonds is 3. The molecule has 0 saturated heterocycles. The van der Waals surface area contributed by atoms with Crippen LogP contribution in [-0.2, 0) is 6.54 Å². The molecule has 0 amide bonds. The van der Waals surface area contributed by atoms with Gasteiger partial charge in [-0.2, -0.15) is 0 Å². The molecule has 0 spiro atoms. The smallest absolute Gasteiger partial charge is 0.352 e. The van der Waals surface area contributed by atoms with Crippen LogP contribution in [0.3, 0.4) is 0 Å². The van der Waals surface area contributed by atoms with Crippen LogP contribution in [-0.4, -0.2) is 15.6 Å². The molecule has 2 rings (SSSR count). The first-order valence-corrected chi connectivity index (χ1v) is 5.74. The summed E-state index contributed by atoms with van der Waals surface area (Å²) in [6.45, 7) is 3.22. The monoisotopic (exact) mass is 265 g/mol. The Balaban J connectivity index is 2.53. The van der Waals surface area contributed by atoms with Gasteiger partial charge in [-0.3, -0.25) is 0 Å². The molecule has 19 heavy (non-hydrogen) atoms. The third-order valence-electron chi connectivity index (χ3n) is 3.08. The Kier molecular flexibility index (Phi) is 3.38. The molecule has 0 unspecified atom stereocenters. The molecule has 1 N–H and O–H groups in total. The molecule has 1 heterocycles. The van der Waals surface area contributed by atoms with Crippen LogP contribution in [0.2, 0.25) is 0 Å². The number of carbonyl (C=O) groups is 1. The highest BCUT2D eigenvalue weighted by Crippen LogP contribution is 2.20. The Labute approximate surface area is 109 Å². The van der Waals surface area contributed by atoms with E-state index in [2.05, 4.69) is 0 Å². The fourth-order valence-electron chi connectivity index (χ4n) is 2.18. The highest BCUT2D eigenvalue weighted by molar-refractivity contribution is 5.88. The maximum absolute atomic E-state index is 13.6. The second-order valence-electron chi connectivity index (χ2n) is 4.41. The minimum atomic E-state index is -1.11. The van der Waals surface area contributed by atoms with Crippen molar-refractivity contribution in [1.29, 1.82) is 0 Å². The highest BCUT2D eigenvalue weighted by Gasteiger charge is 2.18. The summed E-state index contributed by atoms with van der Waals surface area (Å²) in [6.07, 6.45) is 0. The third kappa shape index (κ3) is 2.36. The lowest BCUT2D eigenvalue weighted by Crippen LogP contribution is -2.13. The lowest BCUT2D eigenvalue weighted by atomic mass is 10.2. The van der Waals surface area contributed by atoms with Crippen molar-refractivity contribution in [1.82, 2.24) is 4.57 Å². The van der Waals surface area contributed by atoms with Crippen LogP contribution in [0.1, 0.15) is 27.3 Å². The van der Waals surface area contributed by atoms with Crippen molar-refractivity contribution in [2.75, 3.05) is 0 Å². The van der Waals surface area contributed by atoms with Gasteiger partial charge < -0.3 is 9.67 Å². The fourth-order valence-corrected chi connectivity index (χ4v) is 2.18. The second-order valence-corrected chi connectivity index (χ2v) is 4.41. The first kappa shape index (κ1) is 13.3. The zero-order valence-electron chi connectivity index (χ0n) is 10.6.